The van der Waals surface area contributed by atoms with Gasteiger partial charge in [0.1, 0.15) is 11.6 Å². The summed E-state index contributed by atoms with van der Waals surface area (Å²) in [7, 11) is 1.56. The van der Waals surface area contributed by atoms with Crippen LogP contribution in [-0.4, -0.2) is 13.7 Å². The molecule has 0 bridgehead atoms. The molecule has 21 heavy (non-hydrogen) atoms. The zero-order valence-corrected chi connectivity index (χ0v) is 13.3. The van der Waals surface area contributed by atoms with Crippen molar-refractivity contribution in [1.82, 2.24) is 5.32 Å². The molecule has 0 aromatic heterocycles. The molecule has 0 heterocycles. The Morgan fingerprint density at radius 1 is 1.24 bits per heavy atom. The molecule has 0 aliphatic carbocycles. The molecule has 5 heteroatoms. The molecule has 2 nitrogen and oxygen atoms in total. The van der Waals surface area contributed by atoms with Gasteiger partial charge in [0, 0.05) is 0 Å². The maximum Gasteiger partial charge on any atom is 0.142 e. The highest BCUT2D eigenvalue weighted by molar-refractivity contribution is 6.32. The summed E-state index contributed by atoms with van der Waals surface area (Å²) >= 11 is 12.2. The molecule has 0 aliphatic rings. The summed E-state index contributed by atoms with van der Waals surface area (Å²) in [6.07, 6.45) is 0. The van der Waals surface area contributed by atoms with Crippen LogP contribution in [0.2, 0.25) is 10.0 Å². The summed E-state index contributed by atoms with van der Waals surface area (Å²) in [4.78, 5) is 0. The maximum absolute atomic E-state index is 13.7. The molecule has 1 N–H and O–H groups in total. The molecule has 0 saturated carbocycles. The molecule has 0 aliphatic heterocycles. The molecular weight excluding hydrogens is 312 g/mol. The monoisotopic (exact) mass is 327 g/mol. The van der Waals surface area contributed by atoms with Gasteiger partial charge in [0.05, 0.1) is 23.2 Å². The van der Waals surface area contributed by atoms with E-state index in [2.05, 4.69) is 5.32 Å². The number of hydrogen-bond donors (Lipinski definition) is 1. The number of methoxy groups -OCH3 is 1. The molecule has 0 radical (unpaired) electrons. The molecule has 2 aromatic carbocycles. The van der Waals surface area contributed by atoms with Gasteiger partial charge in [-0.25, -0.2) is 4.39 Å². The van der Waals surface area contributed by atoms with E-state index in [1.54, 1.807) is 25.3 Å². The van der Waals surface area contributed by atoms with E-state index in [0.29, 0.717) is 22.9 Å². The third-order valence-electron chi connectivity index (χ3n) is 3.21. The highest BCUT2D eigenvalue weighted by Gasteiger charge is 2.19. The van der Waals surface area contributed by atoms with Gasteiger partial charge >= 0.3 is 0 Å². The number of ether oxygens (including phenoxy) is 1. The van der Waals surface area contributed by atoms with E-state index in [1.807, 2.05) is 19.1 Å². The Bertz CT molecular complexity index is 634. The Labute approximate surface area is 133 Å². The van der Waals surface area contributed by atoms with Crippen molar-refractivity contribution in [3.63, 3.8) is 0 Å². The third kappa shape index (κ3) is 3.49. The number of halogens is 3. The highest BCUT2D eigenvalue weighted by Crippen LogP contribution is 2.34. The van der Waals surface area contributed by atoms with Crippen molar-refractivity contribution < 1.29 is 9.13 Å². The van der Waals surface area contributed by atoms with Crippen LogP contribution in [0.4, 0.5) is 4.39 Å². The van der Waals surface area contributed by atoms with Crippen molar-refractivity contribution in [3.05, 3.63) is 63.4 Å². The first-order chi connectivity index (χ1) is 10.1. The van der Waals surface area contributed by atoms with Gasteiger partial charge in [-0.05, 0) is 35.9 Å². The number of rotatable bonds is 5. The molecule has 2 rings (SSSR count). The number of hydrogen-bond acceptors (Lipinski definition) is 2. The van der Waals surface area contributed by atoms with E-state index in [4.69, 9.17) is 27.9 Å². The van der Waals surface area contributed by atoms with E-state index >= 15 is 0 Å². The van der Waals surface area contributed by atoms with E-state index in [1.165, 1.54) is 6.07 Å². The van der Waals surface area contributed by atoms with Crippen molar-refractivity contribution in [3.8, 4) is 5.75 Å². The van der Waals surface area contributed by atoms with Gasteiger partial charge in [0.15, 0.2) is 0 Å². The molecule has 1 atom stereocenters. The molecule has 112 valence electrons. The molecule has 0 spiro atoms. The zero-order chi connectivity index (χ0) is 15.4. The second-order valence-electron chi connectivity index (χ2n) is 4.53. The second-order valence-corrected chi connectivity index (χ2v) is 5.31. The van der Waals surface area contributed by atoms with Gasteiger partial charge in [-0.1, -0.05) is 48.3 Å². The minimum Gasteiger partial charge on any atom is -0.495 e. The first-order valence-electron chi connectivity index (χ1n) is 6.59. The van der Waals surface area contributed by atoms with E-state index in [9.17, 15) is 4.39 Å². The lowest BCUT2D eigenvalue weighted by molar-refractivity contribution is 0.414. The van der Waals surface area contributed by atoms with E-state index in [-0.39, 0.29) is 11.1 Å². The highest BCUT2D eigenvalue weighted by atomic mass is 35.5. The van der Waals surface area contributed by atoms with Crippen LogP contribution in [0.25, 0.3) is 0 Å². The predicted molar refractivity (Wildman–Crippen MR) is 84.9 cm³/mol. The fourth-order valence-corrected chi connectivity index (χ4v) is 2.64. The predicted octanol–water partition coefficient (Wildman–Crippen LogP) is 4.84. The maximum atomic E-state index is 13.7. The fraction of sp³-hybridized carbons (Fsp3) is 0.250. The van der Waals surface area contributed by atoms with Crippen molar-refractivity contribution in [2.45, 2.75) is 13.0 Å². The van der Waals surface area contributed by atoms with Crippen LogP contribution in [0.5, 0.6) is 5.75 Å². The quantitative estimate of drug-likeness (QED) is 0.848. The summed E-state index contributed by atoms with van der Waals surface area (Å²) in [5, 5.41) is 3.96. The van der Waals surface area contributed by atoms with Crippen molar-refractivity contribution in [1.29, 1.82) is 0 Å². The van der Waals surface area contributed by atoms with Crippen LogP contribution in [0.15, 0.2) is 36.4 Å². The minimum atomic E-state index is -0.432. The molecule has 0 saturated heterocycles. The first-order valence-corrected chi connectivity index (χ1v) is 7.34. The first kappa shape index (κ1) is 16.1. The van der Waals surface area contributed by atoms with Crippen molar-refractivity contribution >= 4 is 23.2 Å². The zero-order valence-electron chi connectivity index (χ0n) is 11.8. The summed E-state index contributed by atoms with van der Waals surface area (Å²) in [5.74, 6) is 0.141. The van der Waals surface area contributed by atoms with E-state index in [0.717, 1.165) is 5.56 Å². The lowest BCUT2D eigenvalue weighted by Crippen LogP contribution is -2.22. The molecule has 0 amide bonds. The van der Waals surface area contributed by atoms with Crippen LogP contribution < -0.4 is 10.1 Å². The number of nitrogens with one attached hydrogen (secondary N) is 1. The normalized spacial score (nSPS) is 12.2. The summed E-state index contributed by atoms with van der Waals surface area (Å²) in [6.45, 7) is 2.69. The van der Waals surface area contributed by atoms with Gasteiger partial charge < -0.3 is 10.1 Å². The smallest absolute Gasteiger partial charge is 0.142 e. The van der Waals surface area contributed by atoms with Gasteiger partial charge in [-0.3, -0.25) is 0 Å². The topological polar surface area (TPSA) is 21.3 Å². The Morgan fingerprint density at radius 2 is 2.00 bits per heavy atom. The summed E-state index contributed by atoms with van der Waals surface area (Å²) in [5.41, 5.74) is 1.59. The van der Waals surface area contributed by atoms with Crippen LogP contribution in [0, 0.1) is 5.82 Å². The molecule has 1 unspecified atom stereocenters. The molecule has 0 fully saturated rings. The minimum absolute atomic E-state index is 0.123. The standard InChI is InChI=1S/C16H16Cl2FNO/c1-3-20-16(11-5-4-6-13(19)15(11)18)10-7-8-12(17)14(9-10)21-2/h4-9,16,20H,3H2,1-2H3. The van der Waals surface area contributed by atoms with Crippen LogP contribution in [0.3, 0.4) is 0 Å². The van der Waals surface area contributed by atoms with Gasteiger partial charge in [-0.15, -0.1) is 0 Å². The lowest BCUT2D eigenvalue weighted by Gasteiger charge is -2.21. The SMILES string of the molecule is CCNC(c1ccc(Cl)c(OC)c1)c1cccc(F)c1Cl. The third-order valence-corrected chi connectivity index (χ3v) is 3.92. The molecule has 2 aromatic rings. The number of benzene rings is 2. The van der Waals surface area contributed by atoms with Gasteiger partial charge in [-0.2, -0.15) is 0 Å². The summed E-state index contributed by atoms with van der Waals surface area (Å²) < 4.78 is 18.9. The Kier molecular flexibility index (Phi) is 5.45. The lowest BCUT2D eigenvalue weighted by atomic mass is 9.98. The summed E-state index contributed by atoms with van der Waals surface area (Å²) in [6, 6.07) is 10.0. The van der Waals surface area contributed by atoms with Crippen LogP contribution >= 0.6 is 23.2 Å². The fourth-order valence-electron chi connectivity index (χ4n) is 2.21. The van der Waals surface area contributed by atoms with Gasteiger partial charge in [0.2, 0.25) is 0 Å². The van der Waals surface area contributed by atoms with Gasteiger partial charge in [0.25, 0.3) is 0 Å². The second kappa shape index (κ2) is 7.12. The Morgan fingerprint density at radius 3 is 2.67 bits per heavy atom. The van der Waals surface area contributed by atoms with Crippen molar-refractivity contribution in [2.24, 2.45) is 0 Å². The average molecular weight is 328 g/mol. The van der Waals surface area contributed by atoms with Crippen LogP contribution in [-0.2, 0) is 0 Å². The van der Waals surface area contributed by atoms with E-state index < -0.39 is 5.82 Å². The van der Waals surface area contributed by atoms with Crippen LogP contribution in [0.1, 0.15) is 24.1 Å². The Hall–Kier alpha value is -1.29. The van der Waals surface area contributed by atoms with Crippen molar-refractivity contribution in [2.75, 3.05) is 13.7 Å². The Balaban J connectivity index is 2.50. The largest absolute Gasteiger partial charge is 0.495 e. The molecular formula is C16H16Cl2FNO. The average Bonchev–Trinajstić information content (AvgIpc) is 2.49.